The Morgan fingerprint density at radius 1 is 1.47 bits per heavy atom. The predicted molar refractivity (Wildman–Crippen MR) is 80.5 cm³/mol. The number of amidine groups is 1. The first kappa shape index (κ1) is 13.9. The molecule has 0 saturated carbocycles. The third-order valence-corrected chi connectivity index (χ3v) is 4.05. The highest BCUT2D eigenvalue weighted by molar-refractivity contribution is 8.14. The van der Waals surface area contributed by atoms with Crippen LogP contribution in [0.1, 0.15) is 12.5 Å². The van der Waals surface area contributed by atoms with Gasteiger partial charge in [-0.1, -0.05) is 42.1 Å². The van der Waals surface area contributed by atoms with E-state index in [2.05, 4.69) is 27.8 Å². The van der Waals surface area contributed by atoms with Crippen molar-refractivity contribution < 1.29 is 4.79 Å². The van der Waals surface area contributed by atoms with E-state index in [1.807, 2.05) is 25.1 Å². The molecule has 2 atom stereocenters. The number of hydrogen-bond acceptors (Lipinski definition) is 4. The van der Waals surface area contributed by atoms with Gasteiger partial charge in [0.15, 0.2) is 5.17 Å². The van der Waals surface area contributed by atoms with Crippen LogP contribution in [0, 0.1) is 0 Å². The number of nitrogens with one attached hydrogen (secondary N) is 2. The molecule has 1 heterocycles. The smallest absolute Gasteiger partial charge is 0.242 e. The molecule has 2 rings (SSSR count). The van der Waals surface area contributed by atoms with Crippen LogP contribution < -0.4 is 10.6 Å². The molecule has 102 valence electrons. The third-order valence-electron chi connectivity index (χ3n) is 3.01. The molecule has 2 unspecified atom stereocenters. The molecule has 19 heavy (non-hydrogen) atoms. The molecular formula is C14H19N3OS. The summed E-state index contributed by atoms with van der Waals surface area (Å²) in [6, 6.07) is 10.4. The van der Waals surface area contributed by atoms with E-state index >= 15 is 0 Å². The van der Waals surface area contributed by atoms with Crippen LogP contribution in [0.4, 0.5) is 0 Å². The summed E-state index contributed by atoms with van der Waals surface area (Å²) in [4.78, 5) is 16.1. The fraction of sp³-hybridized carbons (Fsp3) is 0.429. The van der Waals surface area contributed by atoms with Crippen molar-refractivity contribution in [3.05, 3.63) is 35.9 Å². The Hall–Kier alpha value is -1.49. The lowest BCUT2D eigenvalue weighted by Crippen LogP contribution is -2.42. The lowest BCUT2D eigenvalue weighted by atomic mass is 10.1. The molecule has 2 N–H and O–H groups in total. The Bertz CT molecular complexity index is 461. The van der Waals surface area contributed by atoms with Gasteiger partial charge in [-0.3, -0.25) is 9.79 Å². The lowest BCUT2D eigenvalue weighted by molar-refractivity contribution is -0.121. The second-order valence-corrected chi connectivity index (χ2v) is 5.58. The number of carbonyl (C=O) groups excluding carboxylic acids is 1. The summed E-state index contributed by atoms with van der Waals surface area (Å²) in [7, 11) is 1.64. The molecule has 0 radical (unpaired) electrons. The molecule has 1 aliphatic heterocycles. The maximum Gasteiger partial charge on any atom is 0.242 e. The average Bonchev–Trinajstić information content (AvgIpc) is 2.86. The minimum Gasteiger partial charge on any atom is -0.357 e. The summed E-state index contributed by atoms with van der Waals surface area (Å²) in [5.74, 6) is 0.951. The molecule has 0 saturated heterocycles. The van der Waals surface area contributed by atoms with Gasteiger partial charge in [-0.2, -0.15) is 0 Å². The van der Waals surface area contributed by atoms with E-state index < -0.39 is 0 Å². The quantitative estimate of drug-likeness (QED) is 0.875. The van der Waals surface area contributed by atoms with Gasteiger partial charge in [0.25, 0.3) is 0 Å². The van der Waals surface area contributed by atoms with E-state index in [0.717, 1.165) is 17.3 Å². The molecule has 4 nitrogen and oxygen atoms in total. The summed E-state index contributed by atoms with van der Waals surface area (Å²) in [6.07, 6.45) is 0.952. The fourth-order valence-electron chi connectivity index (χ4n) is 1.95. The zero-order valence-electron chi connectivity index (χ0n) is 11.2. The Morgan fingerprint density at radius 3 is 2.89 bits per heavy atom. The van der Waals surface area contributed by atoms with Crippen LogP contribution in [0.15, 0.2) is 35.3 Å². The first-order valence-electron chi connectivity index (χ1n) is 6.41. The zero-order valence-corrected chi connectivity index (χ0v) is 12.0. The molecule has 0 bridgehead atoms. The third kappa shape index (κ3) is 3.99. The molecule has 0 aromatic heterocycles. The SMILES string of the molecule is CNC(=O)C(C)NC1=NC(Cc2ccccc2)CS1. The number of benzene rings is 1. The maximum absolute atomic E-state index is 11.4. The molecule has 0 spiro atoms. The van der Waals surface area contributed by atoms with Crippen LogP contribution in [0.2, 0.25) is 0 Å². The number of hydrogen-bond donors (Lipinski definition) is 2. The number of carbonyl (C=O) groups is 1. The van der Waals surface area contributed by atoms with E-state index in [0.29, 0.717) is 6.04 Å². The second kappa shape index (κ2) is 6.61. The summed E-state index contributed by atoms with van der Waals surface area (Å²) in [5, 5.41) is 6.64. The van der Waals surface area contributed by atoms with Gasteiger partial charge in [-0.25, -0.2) is 0 Å². The number of rotatable bonds is 4. The topological polar surface area (TPSA) is 53.5 Å². The molecular weight excluding hydrogens is 258 g/mol. The molecule has 0 fully saturated rings. The minimum absolute atomic E-state index is 0.0187. The highest BCUT2D eigenvalue weighted by Crippen LogP contribution is 2.20. The number of nitrogens with zero attached hydrogens (tertiary/aromatic N) is 1. The Morgan fingerprint density at radius 2 is 2.21 bits per heavy atom. The Kier molecular flexibility index (Phi) is 4.85. The maximum atomic E-state index is 11.4. The van der Waals surface area contributed by atoms with Crippen LogP contribution in [0.3, 0.4) is 0 Å². The summed E-state index contributed by atoms with van der Waals surface area (Å²) >= 11 is 1.68. The number of amides is 1. The van der Waals surface area contributed by atoms with E-state index in [9.17, 15) is 4.79 Å². The van der Waals surface area contributed by atoms with E-state index in [1.165, 1.54) is 5.56 Å². The highest BCUT2D eigenvalue weighted by Gasteiger charge is 2.21. The van der Waals surface area contributed by atoms with Crippen molar-refractivity contribution in [2.75, 3.05) is 12.8 Å². The number of likely N-dealkylation sites (N-methyl/N-ethyl adjacent to an activating group) is 1. The van der Waals surface area contributed by atoms with Crippen LogP contribution >= 0.6 is 11.8 Å². The summed E-state index contributed by atoms with van der Waals surface area (Å²) < 4.78 is 0. The fourth-order valence-corrected chi connectivity index (χ4v) is 2.98. The lowest BCUT2D eigenvalue weighted by Gasteiger charge is -2.12. The predicted octanol–water partition coefficient (Wildman–Crippen LogP) is 1.42. The van der Waals surface area contributed by atoms with Crippen molar-refractivity contribution in [1.29, 1.82) is 0 Å². The normalized spacial score (nSPS) is 19.7. The van der Waals surface area contributed by atoms with Crippen molar-refractivity contribution in [3.63, 3.8) is 0 Å². The van der Waals surface area contributed by atoms with E-state index in [1.54, 1.807) is 18.8 Å². The van der Waals surface area contributed by atoms with Crippen LogP contribution in [-0.2, 0) is 11.2 Å². The van der Waals surface area contributed by atoms with Crippen molar-refractivity contribution in [1.82, 2.24) is 10.6 Å². The van der Waals surface area contributed by atoms with Crippen LogP contribution in [-0.4, -0.2) is 36.0 Å². The molecule has 1 aliphatic rings. The van der Waals surface area contributed by atoms with Gasteiger partial charge in [0, 0.05) is 12.8 Å². The molecule has 0 aliphatic carbocycles. The molecule has 1 amide bonds. The number of aliphatic imine (C=N–C) groups is 1. The molecule has 5 heteroatoms. The average molecular weight is 277 g/mol. The van der Waals surface area contributed by atoms with Gasteiger partial charge < -0.3 is 10.6 Å². The van der Waals surface area contributed by atoms with Crippen LogP contribution in [0.25, 0.3) is 0 Å². The van der Waals surface area contributed by atoms with E-state index in [-0.39, 0.29) is 11.9 Å². The van der Waals surface area contributed by atoms with Gasteiger partial charge in [-0.05, 0) is 18.9 Å². The Balaban J connectivity index is 1.88. The van der Waals surface area contributed by atoms with Gasteiger partial charge in [0.2, 0.25) is 5.91 Å². The van der Waals surface area contributed by atoms with Crippen molar-refractivity contribution in [2.45, 2.75) is 25.4 Å². The monoisotopic (exact) mass is 277 g/mol. The number of thioether (sulfide) groups is 1. The van der Waals surface area contributed by atoms with E-state index in [4.69, 9.17) is 0 Å². The minimum atomic E-state index is -0.244. The Labute approximate surface area is 118 Å². The highest BCUT2D eigenvalue weighted by atomic mass is 32.2. The summed E-state index contributed by atoms with van der Waals surface area (Å²) in [5.41, 5.74) is 1.30. The van der Waals surface area contributed by atoms with Crippen LogP contribution in [0.5, 0.6) is 0 Å². The van der Waals surface area contributed by atoms with Gasteiger partial charge >= 0.3 is 0 Å². The second-order valence-electron chi connectivity index (χ2n) is 4.57. The largest absolute Gasteiger partial charge is 0.357 e. The first-order valence-corrected chi connectivity index (χ1v) is 7.40. The zero-order chi connectivity index (χ0) is 13.7. The van der Waals surface area contributed by atoms with Crippen molar-refractivity contribution >= 4 is 22.8 Å². The van der Waals surface area contributed by atoms with Gasteiger partial charge in [0.1, 0.15) is 6.04 Å². The van der Waals surface area contributed by atoms with Crippen molar-refractivity contribution in [3.8, 4) is 0 Å². The van der Waals surface area contributed by atoms with Gasteiger partial charge in [-0.15, -0.1) is 0 Å². The van der Waals surface area contributed by atoms with Crippen molar-refractivity contribution in [2.24, 2.45) is 4.99 Å². The summed E-state index contributed by atoms with van der Waals surface area (Å²) in [6.45, 7) is 1.84. The molecule has 1 aromatic rings. The standard InChI is InChI=1S/C14H19N3OS/c1-10(13(18)15-2)16-14-17-12(9-19-14)8-11-6-4-3-5-7-11/h3-7,10,12H,8-9H2,1-2H3,(H,15,18)(H,16,17). The van der Waals surface area contributed by atoms with Gasteiger partial charge in [0.05, 0.1) is 6.04 Å². The first-order chi connectivity index (χ1) is 9.19. The molecule has 1 aromatic carbocycles.